The maximum absolute atomic E-state index is 13.1. The minimum absolute atomic E-state index is 0.0659. The van der Waals surface area contributed by atoms with Crippen LogP contribution in [0.2, 0.25) is 0 Å². The van der Waals surface area contributed by atoms with Gasteiger partial charge in [-0.15, -0.1) is 0 Å². The van der Waals surface area contributed by atoms with E-state index >= 15 is 0 Å². The van der Waals surface area contributed by atoms with E-state index in [9.17, 15) is 9.59 Å². The zero-order chi connectivity index (χ0) is 18.0. The van der Waals surface area contributed by atoms with E-state index in [2.05, 4.69) is 0 Å². The summed E-state index contributed by atoms with van der Waals surface area (Å²) in [6, 6.07) is 10.1. The number of ether oxygens (including phenoxy) is 3. The Labute approximate surface area is 145 Å². The number of methoxy groups -OCH3 is 2. The number of carbonyl (C=O) groups is 2. The summed E-state index contributed by atoms with van der Waals surface area (Å²) in [5, 5.41) is 0. The van der Waals surface area contributed by atoms with Crippen LogP contribution in [0.15, 0.2) is 36.4 Å². The van der Waals surface area contributed by atoms with Crippen LogP contribution in [0.4, 0.5) is 5.69 Å². The Balaban J connectivity index is 2.02. The van der Waals surface area contributed by atoms with Crippen LogP contribution in [0.3, 0.4) is 0 Å². The van der Waals surface area contributed by atoms with Gasteiger partial charge in [0.2, 0.25) is 0 Å². The van der Waals surface area contributed by atoms with Crippen LogP contribution in [0.1, 0.15) is 27.6 Å². The van der Waals surface area contributed by atoms with Gasteiger partial charge in [-0.3, -0.25) is 9.59 Å². The molecular formula is C19H19NO5. The maximum atomic E-state index is 13.1. The van der Waals surface area contributed by atoms with Crippen molar-refractivity contribution in [1.29, 1.82) is 0 Å². The third-order valence-electron chi connectivity index (χ3n) is 4.07. The van der Waals surface area contributed by atoms with Gasteiger partial charge < -0.3 is 19.1 Å². The molecule has 0 spiro atoms. The lowest BCUT2D eigenvalue weighted by atomic mass is 10.1. The van der Waals surface area contributed by atoms with Gasteiger partial charge in [0.1, 0.15) is 23.9 Å². The van der Waals surface area contributed by atoms with Crippen molar-refractivity contribution >= 4 is 17.4 Å². The molecule has 0 saturated heterocycles. The Hall–Kier alpha value is -3.02. The van der Waals surface area contributed by atoms with E-state index in [4.69, 9.17) is 14.2 Å². The molecule has 0 unspecified atom stereocenters. The number of nitrogens with zero attached hydrogens (tertiary/aromatic N) is 1. The molecule has 0 aromatic heterocycles. The summed E-state index contributed by atoms with van der Waals surface area (Å²) in [6.45, 7) is 2.27. The van der Waals surface area contributed by atoms with Crippen molar-refractivity contribution in [3.8, 4) is 17.2 Å². The zero-order valence-electron chi connectivity index (χ0n) is 14.4. The van der Waals surface area contributed by atoms with Crippen molar-refractivity contribution in [1.82, 2.24) is 0 Å². The SMILES string of the molecule is COc1cc(OC)cc(C(=O)N2CCOc3ccc(C(C)=O)cc32)c1. The lowest BCUT2D eigenvalue weighted by Gasteiger charge is -2.30. The Bertz CT molecular complexity index is 808. The van der Waals surface area contributed by atoms with Gasteiger partial charge in [0, 0.05) is 17.2 Å². The van der Waals surface area contributed by atoms with E-state index in [0.717, 1.165) is 0 Å². The van der Waals surface area contributed by atoms with Gasteiger partial charge in [0.05, 0.1) is 26.5 Å². The van der Waals surface area contributed by atoms with Crippen LogP contribution in [-0.2, 0) is 0 Å². The minimum Gasteiger partial charge on any atom is -0.497 e. The van der Waals surface area contributed by atoms with Crippen LogP contribution < -0.4 is 19.1 Å². The predicted molar refractivity (Wildman–Crippen MR) is 93.2 cm³/mol. The van der Waals surface area contributed by atoms with Gasteiger partial charge in [-0.2, -0.15) is 0 Å². The molecule has 1 amide bonds. The first kappa shape index (κ1) is 16.8. The number of benzene rings is 2. The Morgan fingerprint density at radius 3 is 2.28 bits per heavy atom. The largest absolute Gasteiger partial charge is 0.497 e. The number of fused-ring (bicyclic) bond motifs is 1. The molecule has 6 heteroatoms. The predicted octanol–water partition coefficient (Wildman–Crippen LogP) is 2.95. The second kappa shape index (κ2) is 6.84. The number of Topliss-reactive ketones (excluding diaryl/α,β-unsaturated/α-hetero) is 1. The first-order chi connectivity index (χ1) is 12.0. The molecule has 0 bridgehead atoms. The van der Waals surface area contributed by atoms with Crippen molar-refractivity contribution < 1.29 is 23.8 Å². The fourth-order valence-corrected chi connectivity index (χ4v) is 2.73. The van der Waals surface area contributed by atoms with Crippen LogP contribution in [0.25, 0.3) is 0 Å². The number of rotatable bonds is 4. The van der Waals surface area contributed by atoms with Crippen molar-refractivity contribution in [3.05, 3.63) is 47.5 Å². The molecule has 0 radical (unpaired) electrons. The number of carbonyl (C=O) groups excluding carboxylic acids is 2. The fourth-order valence-electron chi connectivity index (χ4n) is 2.73. The highest BCUT2D eigenvalue weighted by molar-refractivity contribution is 6.08. The van der Waals surface area contributed by atoms with E-state index < -0.39 is 0 Å². The molecule has 0 atom stereocenters. The molecule has 1 heterocycles. The normalized spacial score (nSPS) is 12.8. The number of ketones is 1. The average Bonchev–Trinajstić information content (AvgIpc) is 2.65. The van der Waals surface area contributed by atoms with Crippen molar-refractivity contribution in [3.63, 3.8) is 0 Å². The molecule has 0 fully saturated rings. The molecule has 6 nitrogen and oxygen atoms in total. The molecule has 0 aliphatic carbocycles. The molecule has 2 aromatic carbocycles. The third-order valence-corrected chi connectivity index (χ3v) is 4.07. The number of amides is 1. The smallest absolute Gasteiger partial charge is 0.258 e. The van der Waals surface area contributed by atoms with Crippen molar-refractivity contribution in [2.75, 3.05) is 32.3 Å². The minimum atomic E-state index is -0.206. The summed E-state index contributed by atoms with van der Waals surface area (Å²) < 4.78 is 16.1. The monoisotopic (exact) mass is 341 g/mol. The standard InChI is InChI=1S/C19H19NO5/c1-12(21)13-4-5-18-17(10-13)20(6-7-25-18)19(22)14-8-15(23-2)11-16(9-14)24-3/h4-5,8-11H,6-7H2,1-3H3. The van der Waals surface area contributed by atoms with E-state index in [1.165, 1.54) is 21.1 Å². The highest BCUT2D eigenvalue weighted by Gasteiger charge is 2.26. The highest BCUT2D eigenvalue weighted by atomic mass is 16.5. The first-order valence-electron chi connectivity index (χ1n) is 7.86. The van der Waals surface area contributed by atoms with Gasteiger partial charge in [0.15, 0.2) is 5.78 Å². The van der Waals surface area contributed by atoms with Crippen LogP contribution >= 0.6 is 0 Å². The van der Waals surface area contributed by atoms with E-state index in [-0.39, 0.29) is 11.7 Å². The number of hydrogen-bond acceptors (Lipinski definition) is 5. The third kappa shape index (κ3) is 3.28. The molecule has 2 aromatic rings. The van der Waals surface area contributed by atoms with Gasteiger partial charge in [-0.25, -0.2) is 0 Å². The second-order valence-corrected chi connectivity index (χ2v) is 5.65. The zero-order valence-corrected chi connectivity index (χ0v) is 14.4. The molecule has 0 N–H and O–H groups in total. The molecule has 1 aliphatic rings. The molecule has 0 saturated carbocycles. The highest BCUT2D eigenvalue weighted by Crippen LogP contribution is 2.34. The topological polar surface area (TPSA) is 65.1 Å². The van der Waals surface area contributed by atoms with Crippen molar-refractivity contribution in [2.45, 2.75) is 6.92 Å². The van der Waals surface area contributed by atoms with Crippen molar-refractivity contribution in [2.24, 2.45) is 0 Å². The first-order valence-corrected chi connectivity index (χ1v) is 7.86. The van der Waals surface area contributed by atoms with Crippen LogP contribution in [-0.4, -0.2) is 39.1 Å². The lowest BCUT2D eigenvalue weighted by Crippen LogP contribution is -2.38. The average molecular weight is 341 g/mol. The van der Waals surface area contributed by atoms with Gasteiger partial charge in [-0.05, 0) is 37.3 Å². The van der Waals surface area contributed by atoms with Gasteiger partial charge in [-0.1, -0.05) is 0 Å². The Kier molecular flexibility index (Phi) is 4.61. The quantitative estimate of drug-likeness (QED) is 0.800. The number of hydrogen-bond donors (Lipinski definition) is 0. The van der Waals surface area contributed by atoms with E-state index in [1.54, 1.807) is 41.3 Å². The fraction of sp³-hybridized carbons (Fsp3) is 0.263. The van der Waals surface area contributed by atoms with Gasteiger partial charge >= 0.3 is 0 Å². The molecule has 3 rings (SSSR count). The number of anilines is 1. The second-order valence-electron chi connectivity index (χ2n) is 5.65. The van der Waals surface area contributed by atoms with E-state index in [0.29, 0.717) is 47.2 Å². The lowest BCUT2D eigenvalue weighted by molar-refractivity contribution is 0.0972. The summed E-state index contributed by atoms with van der Waals surface area (Å²) in [6.07, 6.45) is 0. The van der Waals surface area contributed by atoms with Crippen LogP contribution in [0.5, 0.6) is 17.2 Å². The molecule has 130 valence electrons. The van der Waals surface area contributed by atoms with E-state index in [1.807, 2.05) is 0 Å². The Morgan fingerprint density at radius 2 is 1.68 bits per heavy atom. The summed E-state index contributed by atoms with van der Waals surface area (Å²) in [5.74, 6) is 1.38. The molecule has 25 heavy (non-hydrogen) atoms. The van der Waals surface area contributed by atoms with Gasteiger partial charge in [0.25, 0.3) is 5.91 Å². The summed E-state index contributed by atoms with van der Waals surface area (Å²) >= 11 is 0. The maximum Gasteiger partial charge on any atom is 0.258 e. The summed E-state index contributed by atoms with van der Waals surface area (Å²) in [4.78, 5) is 26.3. The summed E-state index contributed by atoms with van der Waals surface area (Å²) in [7, 11) is 3.07. The van der Waals surface area contributed by atoms with Crippen LogP contribution in [0, 0.1) is 0 Å². The summed E-state index contributed by atoms with van der Waals surface area (Å²) in [5.41, 5.74) is 1.56. The molecule has 1 aliphatic heterocycles. The molecular weight excluding hydrogens is 322 g/mol. The Morgan fingerprint density at radius 1 is 1.00 bits per heavy atom.